The van der Waals surface area contributed by atoms with Gasteiger partial charge in [0.25, 0.3) is 20.0 Å². The lowest BCUT2D eigenvalue weighted by Gasteiger charge is -2.23. The Bertz CT molecular complexity index is 2400. The van der Waals surface area contributed by atoms with E-state index in [0.717, 1.165) is 17.1 Å². The van der Waals surface area contributed by atoms with Gasteiger partial charge in [0, 0.05) is 61.9 Å². The monoisotopic (exact) mass is 864 g/mol. The number of nitrogens with zero attached hydrogens (tertiary/aromatic N) is 2. The molecule has 0 saturated heterocycles. The molecule has 0 unspecified atom stereocenters. The van der Waals surface area contributed by atoms with Crippen LogP contribution in [0.2, 0.25) is 0 Å². The first kappa shape index (κ1) is 37.9. The van der Waals surface area contributed by atoms with Crippen molar-refractivity contribution in [2.75, 3.05) is 31.1 Å². The van der Waals surface area contributed by atoms with Gasteiger partial charge in [-0.15, -0.1) is 4.13 Å². The van der Waals surface area contributed by atoms with E-state index in [0.29, 0.717) is 58.5 Å². The number of sulfonamides is 2. The second-order valence-corrected chi connectivity index (χ2v) is 16.2. The molecule has 0 saturated carbocycles. The molecule has 1 heterocycles. The summed E-state index contributed by atoms with van der Waals surface area (Å²) in [7, 11) is -11.3. The average molecular weight is 867 g/mol. The molecule has 8 nitrogen and oxygen atoms in total. The molecule has 0 fully saturated rings. The van der Waals surface area contributed by atoms with Gasteiger partial charge < -0.3 is 9.32 Å². The van der Waals surface area contributed by atoms with Gasteiger partial charge in [0.15, 0.2) is 28.2 Å². The first-order valence-corrected chi connectivity index (χ1v) is 19.7. The van der Waals surface area contributed by atoms with Crippen LogP contribution in [0, 0.1) is 29.1 Å². The Labute approximate surface area is 301 Å². The molecule has 266 valence electrons. The minimum Gasteiger partial charge on any atom is -0.456 e. The van der Waals surface area contributed by atoms with E-state index in [1.54, 1.807) is 24.3 Å². The quantitative estimate of drug-likeness (QED) is 0.0507. The smallest absolute Gasteiger partial charge is 0.259 e. The summed E-state index contributed by atoms with van der Waals surface area (Å²) in [6.07, 6.45) is 0. The number of rotatable bonds is 10. The number of hydrogen-bond acceptors (Lipinski definition) is 6. The van der Waals surface area contributed by atoms with Crippen LogP contribution in [0.3, 0.4) is 0 Å². The molecule has 50 heavy (non-hydrogen) atoms. The Kier molecular flexibility index (Phi) is 10.9. The molecule has 0 atom stereocenters. The third kappa shape index (κ3) is 6.69. The fraction of sp³-hybridized carbons (Fsp3) is 0.242. The molecule has 3 aromatic rings. The Balaban J connectivity index is 1.85. The van der Waals surface area contributed by atoms with Crippen LogP contribution in [0.1, 0.15) is 27.7 Å². The molecular formula is C33H29Br2F5N3O5S2+. The van der Waals surface area contributed by atoms with Crippen molar-refractivity contribution in [3.8, 4) is 22.5 Å². The fourth-order valence-corrected chi connectivity index (χ4v) is 9.79. The number of fused-ring (bicyclic) bond motifs is 2. The second-order valence-electron chi connectivity index (χ2n) is 10.9. The minimum absolute atomic E-state index is 0.0721. The molecule has 0 amide bonds. The van der Waals surface area contributed by atoms with E-state index in [2.05, 4.69) is 41.3 Å². The zero-order valence-corrected chi connectivity index (χ0v) is 31.7. The van der Waals surface area contributed by atoms with Crippen molar-refractivity contribution in [3.63, 3.8) is 0 Å². The molecule has 0 bridgehead atoms. The third-order valence-corrected chi connectivity index (χ3v) is 13.6. The third-order valence-electron chi connectivity index (χ3n) is 8.19. The van der Waals surface area contributed by atoms with Gasteiger partial charge in [-0.25, -0.2) is 43.4 Å². The highest BCUT2D eigenvalue weighted by Gasteiger charge is 2.37. The van der Waals surface area contributed by atoms with E-state index in [-0.39, 0.29) is 10.0 Å². The Morgan fingerprint density at radius 1 is 0.720 bits per heavy atom. The number of halogens is 7. The molecule has 17 heteroatoms. The van der Waals surface area contributed by atoms with Gasteiger partial charge in [-0.05, 0) is 89.9 Å². The van der Waals surface area contributed by atoms with Gasteiger partial charge in [-0.2, -0.15) is 0 Å². The molecule has 2 aliphatic rings. The molecule has 1 N–H and O–H groups in total. The molecule has 1 aliphatic heterocycles. The summed E-state index contributed by atoms with van der Waals surface area (Å²) >= 11 is 6.60. The van der Waals surface area contributed by atoms with Crippen LogP contribution >= 0.6 is 31.9 Å². The standard InChI is InChI=1S/C33H29Br2F5N3O5S2/c1-5-42(6-2)17-9-11-19-24(13-17)48-25-14-18(43(7-3)8-4)10-12-20(25)27(19)21-15-22(34)23(35)16-26(21)49(44,45)41-50(46,47)33-31(39)29(37)28(36)30(38)32(33)40/h9-16,41H,5-8H2,1-4H3/q+1. The summed E-state index contributed by atoms with van der Waals surface area (Å²) in [6.45, 7) is 10.7. The lowest BCUT2D eigenvalue weighted by atomic mass is 9.93. The highest BCUT2D eigenvalue weighted by molar-refractivity contribution is 9.13. The summed E-state index contributed by atoms with van der Waals surface area (Å²) in [5.74, 6) is -12.8. The molecule has 0 radical (unpaired) electrons. The average Bonchev–Trinajstić information content (AvgIpc) is 3.06. The van der Waals surface area contributed by atoms with E-state index >= 15 is 0 Å². The van der Waals surface area contributed by atoms with Gasteiger partial charge in [0.05, 0.1) is 11.0 Å². The van der Waals surface area contributed by atoms with Crippen LogP contribution in [-0.4, -0.2) is 43.0 Å². The maximum absolute atomic E-state index is 14.6. The summed E-state index contributed by atoms with van der Waals surface area (Å²) < 4.78 is 135. The number of nitrogens with one attached hydrogen (secondary N) is 1. The van der Waals surface area contributed by atoms with Crippen molar-refractivity contribution in [2.24, 2.45) is 0 Å². The number of hydrogen-bond donors (Lipinski definition) is 1. The Morgan fingerprint density at radius 2 is 1.30 bits per heavy atom. The topological polar surface area (TPSA) is 99.7 Å². The van der Waals surface area contributed by atoms with Crippen molar-refractivity contribution in [2.45, 2.75) is 37.5 Å². The minimum atomic E-state index is -5.93. The van der Waals surface area contributed by atoms with Crippen molar-refractivity contribution in [1.29, 1.82) is 0 Å². The summed E-state index contributed by atoms with van der Waals surface area (Å²) in [5.41, 5.74) is 1.82. The van der Waals surface area contributed by atoms with Crippen LogP contribution in [-0.2, 0) is 20.0 Å². The molecular weight excluding hydrogens is 837 g/mol. The summed E-state index contributed by atoms with van der Waals surface area (Å²) in [4.78, 5) is -0.974. The van der Waals surface area contributed by atoms with Gasteiger partial charge in [-0.1, -0.05) is 0 Å². The highest BCUT2D eigenvalue weighted by atomic mass is 79.9. The normalized spacial score (nSPS) is 12.2. The number of benzene rings is 4. The van der Waals surface area contributed by atoms with Crippen molar-refractivity contribution in [1.82, 2.24) is 8.70 Å². The van der Waals surface area contributed by atoms with Crippen molar-refractivity contribution < 1.29 is 43.2 Å². The summed E-state index contributed by atoms with van der Waals surface area (Å²) in [5, 5.41) is 1.24. The SMILES string of the molecule is CCN(CC)c1ccc2c(-c3cc(Br)c(Br)cc3S(=O)(=O)NS(=O)(=O)c3c(F)c(F)c(F)c(F)c3F)c3ccc(=[N+](CC)CC)cc-3oc2c1. The first-order valence-electron chi connectivity index (χ1n) is 15.1. The van der Waals surface area contributed by atoms with E-state index in [1.165, 1.54) is 10.2 Å². The maximum Gasteiger partial charge on any atom is 0.259 e. The lowest BCUT2D eigenvalue weighted by molar-refractivity contribution is 0.357. The van der Waals surface area contributed by atoms with Gasteiger partial charge in [0.1, 0.15) is 24.4 Å². The van der Waals surface area contributed by atoms with Crippen molar-refractivity contribution in [3.05, 3.63) is 91.9 Å². The van der Waals surface area contributed by atoms with Gasteiger partial charge in [0.2, 0.25) is 11.2 Å². The zero-order chi connectivity index (χ0) is 36.9. The fourth-order valence-electron chi connectivity index (χ4n) is 5.73. The van der Waals surface area contributed by atoms with Crippen LogP contribution in [0.15, 0.2) is 71.7 Å². The van der Waals surface area contributed by atoms with Gasteiger partial charge >= 0.3 is 0 Å². The largest absolute Gasteiger partial charge is 0.456 e. The van der Waals surface area contributed by atoms with Gasteiger partial charge in [-0.3, -0.25) is 0 Å². The Morgan fingerprint density at radius 3 is 1.88 bits per heavy atom. The lowest BCUT2D eigenvalue weighted by Crippen LogP contribution is -2.33. The molecule has 1 aliphatic carbocycles. The molecule has 5 rings (SSSR count). The van der Waals surface area contributed by atoms with Crippen molar-refractivity contribution >= 4 is 68.6 Å². The second kappa shape index (κ2) is 14.3. The molecule has 0 spiro atoms. The van der Waals surface area contributed by atoms with E-state index in [4.69, 9.17) is 4.42 Å². The van der Waals surface area contributed by atoms with Crippen LogP contribution in [0.5, 0.6) is 0 Å². The molecule has 3 aromatic carbocycles. The first-order chi connectivity index (χ1) is 23.5. The van der Waals surface area contributed by atoms with E-state index in [9.17, 15) is 38.8 Å². The van der Waals surface area contributed by atoms with E-state index < -0.39 is 58.9 Å². The maximum atomic E-state index is 14.6. The summed E-state index contributed by atoms with van der Waals surface area (Å²) in [6, 6.07) is 13.1. The predicted octanol–water partition coefficient (Wildman–Crippen LogP) is 7.75. The molecule has 0 aromatic heterocycles. The van der Waals surface area contributed by atoms with E-state index in [1.807, 2.05) is 39.8 Å². The number of anilines is 1. The highest BCUT2D eigenvalue weighted by Crippen LogP contribution is 2.45. The van der Waals surface area contributed by atoms with Crippen LogP contribution in [0.25, 0.3) is 33.4 Å². The zero-order valence-electron chi connectivity index (χ0n) is 26.8. The predicted molar refractivity (Wildman–Crippen MR) is 187 cm³/mol. The van der Waals surface area contributed by atoms with Crippen LogP contribution < -0.4 is 19.0 Å². The van der Waals surface area contributed by atoms with Crippen LogP contribution in [0.4, 0.5) is 27.6 Å². The Hall–Kier alpha value is -3.38.